The van der Waals surface area contributed by atoms with Gasteiger partial charge in [-0.3, -0.25) is 9.71 Å². The molecule has 17 heteroatoms. The van der Waals surface area contributed by atoms with E-state index in [2.05, 4.69) is 25.4 Å². The van der Waals surface area contributed by atoms with E-state index < -0.39 is 0 Å². The summed E-state index contributed by atoms with van der Waals surface area (Å²) in [6.45, 7) is 11.3. The first-order valence-electron chi connectivity index (χ1n) is 12.0. The van der Waals surface area contributed by atoms with Crippen LogP contribution in [0.15, 0.2) is 0 Å². The molecule has 4 aliphatic heterocycles. The second kappa shape index (κ2) is 15.0. The highest BCUT2D eigenvalue weighted by Gasteiger charge is 2.33. The molecule has 0 radical (unpaired) electrons. The summed E-state index contributed by atoms with van der Waals surface area (Å²) in [6.07, 6.45) is 0. The SMILES string of the molecule is C(CN(CCNB1OCCO1)CCN(CCNB1OCCO1)B1OCCO1)NB1OCCO1. The zero-order valence-corrected chi connectivity index (χ0v) is 19.3. The predicted octanol–water partition coefficient (Wildman–Crippen LogP) is -3.51. The average Bonchev–Trinajstić information content (AvgIpc) is 3.64. The average molecular weight is 469 g/mol. The van der Waals surface area contributed by atoms with Crippen molar-refractivity contribution in [3.8, 4) is 0 Å². The van der Waals surface area contributed by atoms with Crippen molar-refractivity contribution in [3.05, 3.63) is 0 Å². The zero-order valence-electron chi connectivity index (χ0n) is 19.3. The molecule has 33 heavy (non-hydrogen) atoms. The maximum atomic E-state index is 5.77. The fraction of sp³-hybridized carbons (Fsp3) is 1.00. The third kappa shape index (κ3) is 9.37. The van der Waals surface area contributed by atoms with Gasteiger partial charge in [-0.25, -0.2) is 0 Å². The van der Waals surface area contributed by atoms with E-state index >= 15 is 0 Å². The van der Waals surface area contributed by atoms with E-state index in [0.717, 1.165) is 45.8 Å². The van der Waals surface area contributed by atoms with Gasteiger partial charge in [-0.1, -0.05) is 0 Å². The van der Waals surface area contributed by atoms with Crippen molar-refractivity contribution in [3.63, 3.8) is 0 Å². The van der Waals surface area contributed by atoms with Crippen LogP contribution >= 0.6 is 0 Å². The van der Waals surface area contributed by atoms with Gasteiger partial charge in [0.2, 0.25) is 0 Å². The Labute approximate surface area is 197 Å². The third-order valence-electron chi connectivity index (χ3n) is 5.66. The van der Waals surface area contributed by atoms with Gasteiger partial charge in [-0.2, -0.15) is 0 Å². The van der Waals surface area contributed by atoms with Crippen LogP contribution in [0.4, 0.5) is 0 Å². The van der Waals surface area contributed by atoms with Crippen LogP contribution in [0.2, 0.25) is 0 Å². The summed E-state index contributed by atoms with van der Waals surface area (Å²) in [6, 6.07) is 0. The van der Waals surface area contributed by atoms with Gasteiger partial charge in [-0.15, -0.1) is 0 Å². The second-order valence-corrected chi connectivity index (χ2v) is 8.01. The molecule has 0 aromatic carbocycles. The monoisotopic (exact) mass is 469 g/mol. The number of hydrogen-bond donors (Lipinski definition) is 3. The summed E-state index contributed by atoms with van der Waals surface area (Å²) in [4.78, 5) is 4.58. The largest absolute Gasteiger partial charge is 0.557 e. The van der Waals surface area contributed by atoms with Gasteiger partial charge in [0.15, 0.2) is 0 Å². The predicted molar refractivity (Wildman–Crippen MR) is 123 cm³/mol. The van der Waals surface area contributed by atoms with Crippen molar-refractivity contribution in [1.82, 2.24) is 25.4 Å². The van der Waals surface area contributed by atoms with Gasteiger partial charge in [0.1, 0.15) is 0 Å². The Morgan fingerprint density at radius 3 is 1.30 bits per heavy atom. The minimum absolute atomic E-state index is 0.312. The summed E-state index contributed by atoms with van der Waals surface area (Å²) < 4.78 is 44.3. The lowest BCUT2D eigenvalue weighted by Crippen LogP contribution is -2.51. The molecule has 0 saturated carbocycles. The third-order valence-corrected chi connectivity index (χ3v) is 5.66. The quantitative estimate of drug-likeness (QED) is 0.195. The number of rotatable bonds is 16. The Morgan fingerprint density at radius 2 is 0.848 bits per heavy atom. The minimum Gasteiger partial charge on any atom is -0.395 e. The fourth-order valence-corrected chi connectivity index (χ4v) is 3.92. The van der Waals surface area contributed by atoms with E-state index in [4.69, 9.17) is 37.2 Å². The highest BCUT2D eigenvalue weighted by atomic mass is 16.7. The van der Waals surface area contributed by atoms with E-state index in [1.165, 1.54) is 0 Å². The second-order valence-electron chi connectivity index (χ2n) is 8.01. The van der Waals surface area contributed by atoms with E-state index in [1.807, 2.05) is 0 Å². The van der Waals surface area contributed by atoms with Gasteiger partial charge in [0.05, 0.1) is 52.9 Å². The molecule has 0 aromatic rings. The summed E-state index contributed by atoms with van der Waals surface area (Å²) in [5.74, 6) is 0. The van der Waals surface area contributed by atoms with Crippen molar-refractivity contribution in [2.75, 3.05) is 105 Å². The van der Waals surface area contributed by atoms with Gasteiger partial charge in [0, 0.05) is 52.4 Å². The molecule has 4 rings (SSSR count). The molecule has 0 atom stereocenters. The Hall–Kier alpha value is -0.260. The Morgan fingerprint density at radius 1 is 0.455 bits per heavy atom. The Bertz CT molecular complexity index is 507. The number of nitrogens with zero attached hydrogens (tertiary/aromatic N) is 2. The normalized spacial score (nSPS) is 21.6. The molecule has 0 bridgehead atoms. The molecule has 4 fully saturated rings. The molecule has 0 amide bonds. The van der Waals surface area contributed by atoms with Crippen LogP contribution in [0.5, 0.6) is 0 Å². The van der Waals surface area contributed by atoms with Gasteiger partial charge in [0.25, 0.3) is 0 Å². The molecule has 13 nitrogen and oxygen atoms in total. The van der Waals surface area contributed by atoms with Crippen LogP contribution in [0.1, 0.15) is 0 Å². The smallest absolute Gasteiger partial charge is 0.395 e. The first kappa shape index (κ1) is 25.8. The van der Waals surface area contributed by atoms with E-state index in [9.17, 15) is 0 Å². The van der Waals surface area contributed by atoms with Crippen LogP contribution in [0, 0.1) is 0 Å². The Kier molecular flexibility index (Phi) is 11.7. The molecule has 0 aromatic heterocycles. The molecule has 0 spiro atoms. The van der Waals surface area contributed by atoms with E-state index in [0.29, 0.717) is 59.4 Å². The molecular formula is C16H35B4N5O8. The molecular weight excluding hydrogens is 433 g/mol. The topological polar surface area (TPSA) is 116 Å². The minimum atomic E-state index is -0.328. The molecule has 0 aliphatic carbocycles. The van der Waals surface area contributed by atoms with Crippen molar-refractivity contribution >= 4 is 29.0 Å². The first-order chi connectivity index (χ1) is 16.4. The Balaban J connectivity index is 1.21. The van der Waals surface area contributed by atoms with E-state index in [1.54, 1.807) is 0 Å². The summed E-state index contributed by atoms with van der Waals surface area (Å²) >= 11 is 0. The first-order valence-corrected chi connectivity index (χ1v) is 12.0. The lowest BCUT2D eigenvalue weighted by Gasteiger charge is -2.29. The van der Waals surface area contributed by atoms with E-state index in [-0.39, 0.29) is 29.0 Å². The molecule has 3 N–H and O–H groups in total. The van der Waals surface area contributed by atoms with Crippen molar-refractivity contribution in [2.45, 2.75) is 0 Å². The lowest BCUT2D eigenvalue weighted by atomic mass is 10.0. The molecule has 184 valence electrons. The molecule has 4 saturated heterocycles. The van der Waals surface area contributed by atoms with Crippen LogP contribution in [-0.2, 0) is 37.2 Å². The van der Waals surface area contributed by atoms with Crippen LogP contribution in [-0.4, -0.2) is 144 Å². The molecule has 4 heterocycles. The summed E-state index contributed by atoms with van der Waals surface area (Å²) in [7, 11) is -1.27. The molecule has 0 unspecified atom stereocenters. The fourth-order valence-electron chi connectivity index (χ4n) is 3.92. The van der Waals surface area contributed by atoms with Crippen molar-refractivity contribution in [1.29, 1.82) is 0 Å². The maximum Gasteiger partial charge on any atom is 0.557 e. The van der Waals surface area contributed by atoms with Crippen LogP contribution in [0.25, 0.3) is 0 Å². The highest BCUT2D eigenvalue weighted by molar-refractivity contribution is 6.42. The van der Waals surface area contributed by atoms with Crippen LogP contribution < -0.4 is 15.7 Å². The highest BCUT2D eigenvalue weighted by Crippen LogP contribution is 2.06. The standard InChI is InChI=1S/C16H35B4N5O8/c1(21-17-26-9-10-27-17)4-24(5-2-22-18-28-11-12-29-18)7-8-25(20-32-15-16-33-20)6-3-23-19-30-13-14-31-19/h21-23H,1-16H2. The molecule has 4 aliphatic rings. The van der Waals surface area contributed by atoms with Gasteiger partial charge in [-0.05, 0) is 0 Å². The van der Waals surface area contributed by atoms with Crippen LogP contribution in [0.3, 0.4) is 0 Å². The summed E-state index contributed by atoms with van der Waals surface area (Å²) in [5, 5.41) is 9.86. The zero-order chi connectivity index (χ0) is 22.6. The lowest BCUT2D eigenvalue weighted by molar-refractivity contribution is 0.212. The maximum absolute atomic E-state index is 5.77. The van der Waals surface area contributed by atoms with Crippen molar-refractivity contribution < 1.29 is 37.2 Å². The number of nitrogens with one attached hydrogen (secondary N) is 3. The van der Waals surface area contributed by atoms with Gasteiger partial charge >= 0.3 is 29.0 Å². The van der Waals surface area contributed by atoms with Crippen molar-refractivity contribution in [2.24, 2.45) is 0 Å². The summed E-state index contributed by atoms with van der Waals surface area (Å²) in [5.41, 5.74) is 0. The van der Waals surface area contributed by atoms with Gasteiger partial charge < -0.3 is 52.9 Å². The number of hydrogen-bond acceptors (Lipinski definition) is 13.